The molecule has 0 aliphatic heterocycles. The van der Waals surface area contributed by atoms with Crippen molar-refractivity contribution in [2.45, 2.75) is 11.5 Å². The summed E-state index contributed by atoms with van der Waals surface area (Å²) in [5, 5.41) is 0. The van der Waals surface area contributed by atoms with Crippen LogP contribution in [0.1, 0.15) is 5.56 Å². The summed E-state index contributed by atoms with van der Waals surface area (Å²) in [5.74, 6) is 0. The molecule has 0 aromatic heterocycles. The normalized spacial score (nSPS) is 11.5. The molecule has 0 spiro atoms. The number of hydrogen-bond donors (Lipinski definition) is 0. The molecule has 0 amide bonds. The fourth-order valence-corrected chi connectivity index (χ4v) is 2.98. The zero-order valence-electron chi connectivity index (χ0n) is 14.6. The van der Waals surface area contributed by atoms with Crippen molar-refractivity contribution in [3.63, 3.8) is 0 Å². The average Bonchev–Trinajstić information content (AvgIpc) is 2.67. The van der Waals surface area contributed by atoms with Gasteiger partial charge < -0.3 is 14.2 Å². The van der Waals surface area contributed by atoms with E-state index >= 15 is 0 Å². The zero-order chi connectivity index (χ0) is 18.5. The van der Waals surface area contributed by atoms with Gasteiger partial charge in [-0.3, -0.25) is 4.18 Å². The second-order valence-corrected chi connectivity index (χ2v) is 6.97. The van der Waals surface area contributed by atoms with E-state index in [4.69, 9.17) is 18.4 Å². The highest BCUT2D eigenvalue weighted by Crippen LogP contribution is 2.10. The van der Waals surface area contributed by atoms with E-state index in [2.05, 4.69) is 0 Å². The van der Waals surface area contributed by atoms with Crippen LogP contribution in [0.2, 0.25) is 0 Å². The highest BCUT2D eigenvalue weighted by atomic mass is 32.2. The molecule has 0 saturated carbocycles. The van der Waals surface area contributed by atoms with Crippen molar-refractivity contribution < 1.29 is 26.8 Å². The van der Waals surface area contributed by atoms with Gasteiger partial charge in [-0.25, -0.2) is 0 Å². The van der Waals surface area contributed by atoms with E-state index in [0.717, 1.165) is 5.56 Å². The van der Waals surface area contributed by atoms with Crippen LogP contribution in [0.3, 0.4) is 0 Å². The third-order valence-electron chi connectivity index (χ3n) is 3.35. The second-order valence-electron chi connectivity index (χ2n) is 5.35. The van der Waals surface area contributed by atoms with Crippen LogP contribution < -0.4 is 0 Å². The van der Waals surface area contributed by atoms with Crippen LogP contribution >= 0.6 is 0 Å². The SMILES string of the molecule is O=S(=O)(OCCOCCOCCOCc1ccccc1)c1ccccc1. The van der Waals surface area contributed by atoms with Gasteiger partial charge in [0.15, 0.2) is 0 Å². The van der Waals surface area contributed by atoms with Crippen molar-refractivity contribution >= 4 is 10.1 Å². The Bertz CT molecular complexity index is 703. The third-order valence-corrected chi connectivity index (χ3v) is 4.68. The molecule has 0 N–H and O–H groups in total. The van der Waals surface area contributed by atoms with Gasteiger partial charge >= 0.3 is 0 Å². The second kappa shape index (κ2) is 11.8. The van der Waals surface area contributed by atoms with Crippen molar-refractivity contribution in [3.8, 4) is 0 Å². The molecule has 142 valence electrons. The van der Waals surface area contributed by atoms with Crippen molar-refractivity contribution in [3.05, 3.63) is 66.2 Å². The maximum Gasteiger partial charge on any atom is 0.297 e. The molecule has 0 atom stereocenters. The molecular weight excluding hydrogens is 356 g/mol. The molecule has 2 aromatic carbocycles. The van der Waals surface area contributed by atoms with Crippen molar-refractivity contribution in [2.75, 3.05) is 39.6 Å². The van der Waals surface area contributed by atoms with Gasteiger partial charge in [0.1, 0.15) is 0 Å². The lowest BCUT2D eigenvalue weighted by Crippen LogP contribution is -2.14. The van der Waals surface area contributed by atoms with Gasteiger partial charge in [0.2, 0.25) is 0 Å². The molecule has 0 bridgehead atoms. The predicted octanol–water partition coefficient (Wildman–Crippen LogP) is 2.64. The summed E-state index contributed by atoms with van der Waals surface area (Å²) in [6, 6.07) is 17.9. The van der Waals surface area contributed by atoms with E-state index in [-0.39, 0.29) is 18.1 Å². The quantitative estimate of drug-likeness (QED) is 0.393. The third kappa shape index (κ3) is 8.07. The zero-order valence-corrected chi connectivity index (χ0v) is 15.4. The van der Waals surface area contributed by atoms with Gasteiger partial charge in [-0.15, -0.1) is 0 Å². The molecule has 0 saturated heterocycles. The molecule has 0 heterocycles. The number of rotatable bonds is 13. The van der Waals surface area contributed by atoms with Crippen LogP contribution in [0, 0.1) is 0 Å². The van der Waals surface area contributed by atoms with E-state index in [1.807, 2.05) is 30.3 Å². The van der Waals surface area contributed by atoms with Crippen LogP contribution in [-0.4, -0.2) is 48.1 Å². The van der Waals surface area contributed by atoms with Gasteiger partial charge in [-0.05, 0) is 17.7 Å². The highest BCUT2D eigenvalue weighted by molar-refractivity contribution is 7.86. The summed E-state index contributed by atoms with van der Waals surface area (Å²) in [4.78, 5) is 0.138. The van der Waals surface area contributed by atoms with Crippen molar-refractivity contribution in [1.29, 1.82) is 0 Å². The summed E-state index contributed by atoms with van der Waals surface area (Å²) >= 11 is 0. The van der Waals surface area contributed by atoms with Gasteiger partial charge in [-0.2, -0.15) is 8.42 Å². The van der Waals surface area contributed by atoms with Gasteiger partial charge in [0.05, 0.1) is 51.1 Å². The van der Waals surface area contributed by atoms with E-state index in [1.54, 1.807) is 18.2 Å². The fourth-order valence-electron chi connectivity index (χ4n) is 2.06. The Kier molecular flexibility index (Phi) is 9.30. The van der Waals surface area contributed by atoms with Crippen LogP contribution in [0.25, 0.3) is 0 Å². The first-order chi connectivity index (χ1) is 12.7. The van der Waals surface area contributed by atoms with E-state index in [9.17, 15) is 8.42 Å². The maximum atomic E-state index is 11.9. The molecule has 0 fully saturated rings. The Labute approximate surface area is 154 Å². The summed E-state index contributed by atoms with van der Waals surface area (Å²) in [7, 11) is -3.72. The molecule has 2 rings (SSSR count). The molecule has 2 aromatic rings. The van der Waals surface area contributed by atoms with Crippen LogP contribution in [0.5, 0.6) is 0 Å². The molecule has 0 aliphatic carbocycles. The lowest BCUT2D eigenvalue weighted by atomic mass is 10.2. The van der Waals surface area contributed by atoms with Crippen LogP contribution in [-0.2, 0) is 35.1 Å². The summed E-state index contributed by atoms with van der Waals surface area (Å²) in [5.41, 5.74) is 1.13. The first-order valence-corrected chi connectivity index (χ1v) is 9.81. The summed E-state index contributed by atoms with van der Waals surface area (Å²) in [6.45, 7) is 2.49. The minimum atomic E-state index is -3.72. The van der Waals surface area contributed by atoms with Crippen LogP contribution in [0.4, 0.5) is 0 Å². The molecule has 6 nitrogen and oxygen atoms in total. The molecule has 0 aliphatic rings. The number of benzene rings is 2. The van der Waals surface area contributed by atoms with E-state index < -0.39 is 10.1 Å². The minimum Gasteiger partial charge on any atom is -0.377 e. The molecule has 0 unspecified atom stereocenters. The largest absolute Gasteiger partial charge is 0.377 e. The standard InChI is InChI=1S/C19H24O6S/c20-26(21,19-9-5-2-6-10-19)25-16-15-23-12-11-22-13-14-24-17-18-7-3-1-4-8-18/h1-10H,11-17H2. The van der Waals surface area contributed by atoms with E-state index in [1.165, 1.54) is 12.1 Å². The van der Waals surface area contributed by atoms with Gasteiger partial charge in [0.25, 0.3) is 10.1 Å². The molecule has 0 radical (unpaired) electrons. The highest BCUT2D eigenvalue weighted by Gasteiger charge is 2.13. The predicted molar refractivity (Wildman–Crippen MR) is 97.3 cm³/mol. The van der Waals surface area contributed by atoms with Crippen molar-refractivity contribution in [2.24, 2.45) is 0 Å². The summed E-state index contributed by atoms with van der Waals surface area (Å²) < 4.78 is 44.8. The lowest BCUT2D eigenvalue weighted by Gasteiger charge is -2.08. The fraction of sp³-hybridized carbons (Fsp3) is 0.368. The Balaban J connectivity index is 1.42. The van der Waals surface area contributed by atoms with Gasteiger partial charge in [0, 0.05) is 0 Å². The summed E-state index contributed by atoms with van der Waals surface area (Å²) in [6.07, 6.45) is 0. The topological polar surface area (TPSA) is 71.1 Å². The van der Waals surface area contributed by atoms with Gasteiger partial charge in [-0.1, -0.05) is 48.5 Å². The Hall–Kier alpha value is -1.77. The maximum absolute atomic E-state index is 11.9. The number of hydrogen-bond acceptors (Lipinski definition) is 6. The van der Waals surface area contributed by atoms with E-state index in [0.29, 0.717) is 33.0 Å². The lowest BCUT2D eigenvalue weighted by molar-refractivity contribution is 0.00628. The molecule has 26 heavy (non-hydrogen) atoms. The number of ether oxygens (including phenoxy) is 3. The van der Waals surface area contributed by atoms with Crippen LogP contribution in [0.15, 0.2) is 65.6 Å². The average molecular weight is 380 g/mol. The Morgan fingerprint density at radius 1 is 0.615 bits per heavy atom. The molecule has 7 heteroatoms. The smallest absolute Gasteiger partial charge is 0.297 e. The first kappa shape index (κ1) is 20.5. The monoisotopic (exact) mass is 380 g/mol. The first-order valence-electron chi connectivity index (χ1n) is 8.40. The Morgan fingerprint density at radius 3 is 1.73 bits per heavy atom. The minimum absolute atomic E-state index is 0.0303. The molecular formula is C19H24O6S. The van der Waals surface area contributed by atoms with Crippen molar-refractivity contribution in [1.82, 2.24) is 0 Å². The Morgan fingerprint density at radius 2 is 1.12 bits per heavy atom.